The number of rotatable bonds is 7. The van der Waals surface area contributed by atoms with E-state index >= 15 is 0 Å². The van der Waals surface area contributed by atoms with E-state index in [-0.39, 0.29) is 24.4 Å². The number of thioether (sulfide) groups is 1. The van der Waals surface area contributed by atoms with Gasteiger partial charge in [0.25, 0.3) is 0 Å². The molecule has 29 heavy (non-hydrogen) atoms. The highest BCUT2D eigenvalue weighted by Gasteiger charge is 2.41. The van der Waals surface area contributed by atoms with Crippen molar-refractivity contribution in [2.75, 3.05) is 45.2 Å². The number of carbonyl (C=O) groups is 2. The lowest BCUT2D eigenvalue weighted by atomic mass is 10.1. The summed E-state index contributed by atoms with van der Waals surface area (Å²) in [6, 6.07) is 3.93. The molecule has 0 radical (unpaired) electrons. The Morgan fingerprint density at radius 1 is 1.31 bits per heavy atom. The van der Waals surface area contributed by atoms with Crippen molar-refractivity contribution in [2.45, 2.75) is 23.4 Å². The quantitative estimate of drug-likeness (QED) is 0.672. The van der Waals surface area contributed by atoms with E-state index in [1.54, 1.807) is 21.7 Å². The first-order chi connectivity index (χ1) is 13.7. The van der Waals surface area contributed by atoms with E-state index in [2.05, 4.69) is 4.72 Å². The van der Waals surface area contributed by atoms with E-state index in [1.807, 2.05) is 6.26 Å². The average molecular weight is 445 g/mol. The van der Waals surface area contributed by atoms with Crippen LogP contribution < -0.4 is 4.72 Å². The number of benzene rings is 1. The lowest BCUT2D eigenvalue weighted by molar-refractivity contribution is -0.135. The van der Waals surface area contributed by atoms with Gasteiger partial charge in [-0.15, -0.1) is 0 Å². The predicted molar refractivity (Wildman–Crippen MR) is 109 cm³/mol. The van der Waals surface area contributed by atoms with Gasteiger partial charge in [-0.1, -0.05) is 12.1 Å². The van der Waals surface area contributed by atoms with Crippen LogP contribution in [-0.2, 0) is 14.8 Å². The summed E-state index contributed by atoms with van der Waals surface area (Å²) in [5, 5.41) is 0. The summed E-state index contributed by atoms with van der Waals surface area (Å²) < 4.78 is 41.8. The number of halogens is 1. The summed E-state index contributed by atoms with van der Waals surface area (Å²) in [5.74, 6) is -0.640. The fraction of sp³-hybridized carbons (Fsp3) is 0.556. The van der Waals surface area contributed by atoms with Gasteiger partial charge in [-0.3, -0.25) is 4.79 Å². The first-order valence-electron chi connectivity index (χ1n) is 9.31. The van der Waals surface area contributed by atoms with Crippen molar-refractivity contribution in [3.63, 3.8) is 0 Å². The molecule has 2 saturated heterocycles. The van der Waals surface area contributed by atoms with Gasteiger partial charge in [0.05, 0.1) is 6.04 Å². The minimum atomic E-state index is -4.19. The van der Waals surface area contributed by atoms with Crippen LogP contribution in [0.4, 0.5) is 9.18 Å². The fourth-order valence-electron chi connectivity index (χ4n) is 3.68. The SMILES string of the molecule is CSCCC(NS(=O)(=O)c1ccccc1F)C(=O)N1CCN2C(=O)N(C)CC2C1. The van der Waals surface area contributed by atoms with Crippen LogP contribution in [0.15, 0.2) is 29.2 Å². The molecule has 11 heteroatoms. The molecule has 0 aliphatic carbocycles. The molecule has 1 N–H and O–H groups in total. The second kappa shape index (κ2) is 8.88. The number of hydrogen-bond donors (Lipinski definition) is 1. The van der Waals surface area contributed by atoms with Crippen molar-refractivity contribution in [3.05, 3.63) is 30.1 Å². The zero-order valence-corrected chi connectivity index (χ0v) is 18.0. The van der Waals surface area contributed by atoms with E-state index in [4.69, 9.17) is 0 Å². The van der Waals surface area contributed by atoms with Crippen LogP contribution in [0.3, 0.4) is 0 Å². The molecule has 160 valence electrons. The Balaban J connectivity index is 1.75. The van der Waals surface area contributed by atoms with Gasteiger partial charge in [-0.05, 0) is 30.6 Å². The first-order valence-corrected chi connectivity index (χ1v) is 12.2. The van der Waals surface area contributed by atoms with Crippen LogP contribution in [0.1, 0.15) is 6.42 Å². The van der Waals surface area contributed by atoms with Gasteiger partial charge >= 0.3 is 6.03 Å². The van der Waals surface area contributed by atoms with Gasteiger partial charge in [0.1, 0.15) is 16.8 Å². The third-order valence-corrected chi connectivity index (χ3v) is 7.33. The Labute approximate surface area is 174 Å². The number of hydrogen-bond acceptors (Lipinski definition) is 5. The highest BCUT2D eigenvalue weighted by Crippen LogP contribution is 2.21. The molecule has 3 amide bonds. The normalized spacial score (nSPS) is 20.7. The molecule has 0 spiro atoms. The van der Waals surface area contributed by atoms with Crippen molar-refractivity contribution in [2.24, 2.45) is 0 Å². The molecule has 0 aromatic heterocycles. The number of likely N-dealkylation sites (N-methyl/N-ethyl adjacent to an activating group) is 1. The second-order valence-corrected chi connectivity index (χ2v) is 9.85. The Hall–Kier alpha value is -1.85. The molecule has 2 aliphatic rings. The number of amides is 3. The molecule has 0 saturated carbocycles. The van der Waals surface area contributed by atoms with Crippen molar-refractivity contribution in [1.82, 2.24) is 19.4 Å². The summed E-state index contributed by atoms with van der Waals surface area (Å²) >= 11 is 1.50. The van der Waals surface area contributed by atoms with Gasteiger partial charge < -0.3 is 14.7 Å². The molecule has 0 bridgehead atoms. The summed E-state index contributed by atoms with van der Waals surface area (Å²) in [7, 11) is -2.47. The summed E-state index contributed by atoms with van der Waals surface area (Å²) in [6.45, 7) is 1.63. The zero-order valence-electron chi connectivity index (χ0n) is 16.4. The molecule has 1 aromatic rings. The maximum Gasteiger partial charge on any atom is 0.320 e. The standard InChI is InChI=1S/C18H25FN4O4S2/c1-21-11-13-12-22(8-9-23(13)18(21)25)17(24)15(7-10-28-2)20-29(26,27)16-6-4-3-5-14(16)19/h3-6,13,15,20H,7-12H2,1-2H3. The molecular formula is C18H25FN4O4S2. The van der Waals surface area contributed by atoms with E-state index < -0.39 is 26.8 Å². The molecule has 1 aromatic carbocycles. The summed E-state index contributed by atoms with van der Waals surface area (Å²) in [4.78, 5) is 29.7. The van der Waals surface area contributed by atoms with Crippen LogP contribution >= 0.6 is 11.8 Å². The summed E-state index contributed by atoms with van der Waals surface area (Å²) in [6.07, 6.45) is 2.16. The molecule has 2 fully saturated rings. The number of carbonyl (C=O) groups excluding carboxylic acids is 2. The predicted octanol–water partition coefficient (Wildman–Crippen LogP) is 0.804. The lowest BCUT2D eigenvalue weighted by Gasteiger charge is -2.38. The van der Waals surface area contributed by atoms with Gasteiger partial charge in [-0.25, -0.2) is 17.6 Å². The molecule has 2 unspecified atom stereocenters. The van der Waals surface area contributed by atoms with Crippen molar-refractivity contribution in [1.29, 1.82) is 0 Å². The fourth-order valence-corrected chi connectivity index (χ4v) is 5.45. The molecular weight excluding hydrogens is 419 g/mol. The van der Waals surface area contributed by atoms with Gasteiger partial charge in [0.2, 0.25) is 15.9 Å². The third-order valence-electron chi connectivity index (χ3n) is 5.18. The average Bonchev–Trinajstić information content (AvgIpc) is 2.98. The smallest absolute Gasteiger partial charge is 0.320 e. The monoisotopic (exact) mass is 444 g/mol. The third kappa shape index (κ3) is 4.67. The van der Waals surface area contributed by atoms with Crippen LogP contribution in [0.2, 0.25) is 0 Å². The topological polar surface area (TPSA) is 90.0 Å². The largest absolute Gasteiger partial charge is 0.337 e. The van der Waals surface area contributed by atoms with Gasteiger partial charge in [0.15, 0.2) is 0 Å². The Kier molecular flexibility index (Phi) is 6.69. The highest BCUT2D eigenvalue weighted by atomic mass is 32.2. The second-order valence-electron chi connectivity index (χ2n) is 7.18. The van der Waals surface area contributed by atoms with E-state index in [1.165, 1.54) is 30.0 Å². The number of piperazine rings is 1. The molecule has 8 nitrogen and oxygen atoms in total. The minimum absolute atomic E-state index is 0.0544. The van der Waals surface area contributed by atoms with Gasteiger partial charge in [0, 0.05) is 33.2 Å². The van der Waals surface area contributed by atoms with Gasteiger partial charge in [-0.2, -0.15) is 16.5 Å². The Bertz CT molecular complexity index is 882. The number of nitrogens with zero attached hydrogens (tertiary/aromatic N) is 3. The first kappa shape index (κ1) is 21.8. The Morgan fingerprint density at radius 3 is 2.72 bits per heavy atom. The van der Waals surface area contributed by atoms with Crippen molar-refractivity contribution >= 4 is 33.7 Å². The summed E-state index contributed by atoms with van der Waals surface area (Å²) in [5.41, 5.74) is 0. The van der Waals surface area contributed by atoms with E-state index in [9.17, 15) is 22.4 Å². The molecule has 3 rings (SSSR count). The highest BCUT2D eigenvalue weighted by molar-refractivity contribution is 7.98. The number of nitrogens with one attached hydrogen (secondary N) is 1. The molecule has 2 aliphatic heterocycles. The van der Waals surface area contributed by atoms with E-state index in [0.717, 1.165) is 6.07 Å². The van der Waals surface area contributed by atoms with E-state index in [0.29, 0.717) is 31.9 Å². The molecule has 2 heterocycles. The van der Waals surface area contributed by atoms with Crippen molar-refractivity contribution in [3.8, 4) is 0 Å². The maximum absolute atomic E-state index is 14.0. The van der Waals surface area contributed by atoms with Crippen molar-refractivity contribution < 1.29 is 22.4 Å². The van der Waals surface area contributed by atoms with Crippen LogP contribution in [-0.4, -0.2) is 92.4 Å². The number of sulfonamides is 1. The van der Waals surface area contributed by atoms with Crippen LogP contribution in [0, 0.1) is 5.82 Å². The lowest BCUT2D eigenvalue weighted by Crippen LogP contribution is -2.58. The number of urea groups is 1. The zero-order chi connectivity index (χ0) is 21.2. The van der Waals surface area contributed by atoms with Crippen LogP contribution in [0.25, 0.3) is 0 Å². The Morgan fingerprint density at radius 2 is 2.03 bits per heavy atom. The maximum atomic E-state index is 14.0. The molecule has 2 atom stereocenters. The minimum Gasteiger partial charge on any atom is -0.337 e. The van der Waals surface area contributed by atoms with Crippen LogP contribution in [0.5, 0.6) is 0 Å². The number of fused-ring (bicyclic) bond motifs is 1.